The molecule has 0 saturated carbocycles. The fraction of sp³-hybridized carbons (Fsp3) is 0.500. The molecule has 0 radical (unpaired) electrons. The fourth-order valence-corrected chi connectivity index (χ4v) is 2.52. The van der Waals surface area contributed by atoms with E-state index in [9.17, 15) is 4.79 Å². The van der Waals surface area contributed by atoms with Crippen molar-refractivity contribution < 1.29 is 9.90 Å². The van der Waals surface area contributed by atoms with Crippen LogP contribution in [0.25, 0.3) is 0 Å². The molecular weight excluding hydrogens is 236 g/mol. The predicted octanol–water partition coefficient (Wildman–Crippen LogP) is 2.35. The summed E-state index contributed by atoms with van der Waals surface area (Å²) in [5, 5.41) is 17.6. The first kappa shape index (κ1) is 13.7. The van der Waals surface area contributed by atoms with Crippen molar-refractivity contribution in [3.05, 3.63) is 21.4 Å². The lowest BCUT2D eigenvalue weighted by Gasteiger charge is -2.17. The summed E-state index contributed by atoms with van der Waals surface area (Å²) in [5.41, 5.74) is 1.03. The van der Waals surface area contributed by atoms with Crippen molar-refractivity contribution >= 4 is 17.3 Å². The average Bonchev–Trinajstić information content (AvgIpc) is 2.60. The minimum Gasteiger partial charge on any atom is -0.477 e. The molecule has 17 heavy (non-hydrogen) atoms. The molecule has 0 aliphatic rings. The average molecular weight is 252 g/mol. The Labute approximate surface area is 105 Å². The monoisotopic (exact) mass is 252 g/mol. The first-order chi connectivity index (χ1) is 7.93. The molecule has 0 spiro atoms. The van der Waals surface area contributed by atoms with E-state index in [2.05, 4.69) is 6.07 Å². The molecule has 1 atom stereocenters. The van der Waals surface area contributed by atoms with Crippen molar-refractivity contribution in [2.75, 3.05) is 13.6 Å². The van der Waals surface area contributed by atoms with Gasteiger partial charge in [0.15, 0.2) is 0 Å². The van der Waals surface area contributed by atoms with Gasteiger partial charge in [0.2, 0.25) is 0 Å². The summed E-state index contributed by atoms with van der Waals surface area (Å²) in [6.45, 7) is 5.17. The highest BCUT2D eigenvalue weighted by Crippen LogP contribution is 2.22. The van der Waals surface area contributed by atoms with Crippen molar-refractivity contribution in [1.29, 1.82) is 5.26 Å². The highest BCUT2D eigenvalue weighted by Gasteiger charge is 2.13. The minimum absolute atomic E-state index is 0.0158. The molecule has 0 saturated heterocycles. The topological polar surface area (TPSA) is 64.3 Å². The van der Waals surface area contributed by atoms with Crippen LogP contribution in [-0.4, -0.2) is 29.6 Å². The van der Waals surface area contributed by atoms with Gasteiger partial charge in [-0.15, -0.1) is 11.3 Å². The van der Waals surface area contributed by atoms with Crippen LogP contribution >= 0.6 is 11.3 Å². The molecule has 1 heterocycles. The molecule has 1 aromatic rings. The summed E-state index contributed by atoms with van der Waals surface area (Å²) < 4.78 is 0. The summed E-state index contributed by atoms with van der Waals surface area (Å²) in [5.74, 6) is -0.893. The van der Waals surface area contributed by atoms with E-state index < -0.39 is 5.97 Å². The van der Waals surface area contributed by atoms with Crippen LogP contribution in [0.3, 0.4) is 0 Å². The highest BCUT2D eigenvalue weighted by molar-refractivity contribution is 7.14. The molecule has 0 fully saturated rings. The van der Waals surface area contributed by atoms with E-state index in [0.29, 0.717) is 18.0 Å². The van der Waals surface area contributed by atoms with Gasteiger partial charge in [0.05, 0.1) is 12.0 Å². The highest BCUT2D eigenvalue weighted by atomic mass is 32.1. The number of hydrogen-bond acceptors (Lipinski definition) is 4. The summed E-state index contributed by atoms with van der Waals surface area (Å²) >= 11 is 1.30. The second-order valence-electron chi connectivity index (χ2n) is 4.22. The molecule has 5 heteroatoms. The third-order valence-electron chi connectivity index (χ3n) is 2.48. The summed E-state index contributed by atoms with van der Waals surface area (Å²) in [4.78, 5) is 14.3. The largest absolute Gasteiger partial charge is 0.477 e. The molecule has 0 bridgehead atoms. The van der Waals surface area contributed by atoms with E-state index >= 15 is 0 Å². The Bertz CT molecular complexity index is 448. The summed E-state index contributed by atoms with van der Waals surface area (Å²) in [6.07, 6.45) is 0. The second kappa shape index (κ2) is 5.80. The predicted molar refractivity (Wildman–Crippen MR) is 67.1 cm³/mol. The quantitative estimate of drug-likeness (QED) is 0.873. The van der Waals surface area contributed by atoms with Gasteiger partial charge in [-0.1, -0.05) is 0 Å². The normalized spacial score (nSPS) is 12.4. The first-order valence-corrected chi connectivity index (χ1v) is 6.16. The lowest BCUT2D eigenvalue weighted by atomic mass is 10.2. The van der Waals surface area contributed by atoms with E-state index in [0.717, 1.165) is 10.4 Å². The van der Waals surface area contributed by atoms with E-state index in [1.165, 1.54) is 11.3 Å². The fourth-order valence-electron chi connectivity index (χ4n) is 1.65. The van der Waals surface area contributed by atoms with Crippen molar-refractivity contribution in [3.63, 3.8) is 0 Å². The zero-order chi connectivity index (χ0) is 13.0. The molecular formula is C12H16N2O2S. The smallest absolute Gasteiger partial charge is 0.345 e. The van der Waals surface area contributed by atoms with Crippen LogP contribution in [0.15, 0.2) is 6.07 Å². The first-order valence-electron chi connectivity index (χ1n) is 5.34. The SMILES string of the molecule is Cc1sc(C(=O)O)cc1CN(C)CC(C)C#N. The van der Waals surface area contributed by atoms with Gasteiger partial charge in [-0.3, -0.25) is 0 Å². The number of rotatable bonds is 5. The van der Waals surface area contributed by atoms with Gasteiger partial charge in [0.25, 0.3) is 0 Å². The Balaban J connectivity index is 2.69. The van der Waals surface area contributed by atoms with E-state index in [4.69, 9.17) is 10.4 Å². The molecule has 1 unspecified atom stereocenters. The third kappa shape index (κ3) is 3.84. The van der Waals surface area contributed by atoms with Crippen molar-refractivity contribution in [2.24, 2.45) is 5.92 Å². The summed E-state index contributed by atoms with van der Waals surface area (Å²) in [6, 6.07) is 3.90. The minimum atomic E-state index is -0.877. The van der Waals surface area contributed by atoms with Crippen LogP contribution in [-0.2, 0) is 6.54 Å². The number of hydrogen-bond donors (Lipinski definition) is 1. The van der Waals surface area contributed by atoms with Gasteiger partial charge in [-0.05, 0) is 32.5 Å². The molecule has 0 aliphatic heterocycles. The molecule has 1 rings (SSSR count). The number of carboxylic acids is 1. The van der Waals surface area contributed by atoms with E-state index in [1.807, 2.05) is 25.8 Å². The van der Waals surface area contributed by atoms with Crippen LogP contribution in [0.2, 0.25) is 0 Å². The molecule has 0 aromatic carbocycles. The van der Waals surface area contributed by atoms with Crippen LogP contribution in [0.4, 0.5) is 0 Å². The number of nitriles is 1. The molecule has 0 amide bonds. The number of carbonyl (C=O) groups is 1. The van der Waals surface area contributed by atoms with Gasteiger partial charge in [-0.25, -0.2) is 4.79 Å². The van der Waals surface area contributed by atoms with Crippen LogP contribution < -0.4 is 0 Å². The molecule has 1 aromatic heterocycles. The van der Waals surface area contributed by atoms with Gasteiger partial charge >= 0.3 is 5.97 Å². The van der Waals surface area contributed by atoms with Gasteiger partial charge in [-0.2, -0.15) is 5.26 Å². The molecule has 1 N–H and O–H groups in total. The van der Waals surface area contributed by atoms with Gasteiger partial charge in [0.1, 0.15) is 4.88 Å². The lowest BCUT2D eigenvalue weighted by Crippen LogP contribution is -2.23. The number of thiophene rings is 1. The number of aryl methyl sites for hydroxylation is 1. The number of aromatic carboxylic acids is 1. The molecule has 0 aliphatic carbocycles. The Morgan fingerprint density at radius 1 is 1.71 bits per heavy atom. The number of nitrogens with zero attached hydrogens (tertiary/aromatic N) is 2. The van der Waals surface area contributed by atoms with Gasteiger partial charge in [0, 0.05) is 18.0 Å². The zero-order valence-corrected chi connectivity index (χ0v) is 11.0. The standard InChI is InChI=1S/C12H16N2O2S/c1-8(5-13)6-14(3)7-10-4-11(12(15)16)17-9(10)2/h4,8H,6-7H2,1-3H3,(H,15,16). The maximum Gasteiger partial charge on any atom is 0.345 e. The lowest BCUT2D eigenvalue weighted by molar-refractivity contribution is 0.0702. The molecule has 92 valence electrons. The summed E-state index contributed by atoms with van der Waals surface area (Å²) in [7, 11) is 1.94. The Morgan fingerprint density at radius 3 is 2.82 bits per heavy atom. The van der Waals surface area contributed by atoms with Crippen LogP contribution in [0, 0.1) is 24.2 Å². The molecule has 4 nitrogen and oxygen atoms in total. The Hall–Kier alpha value is -1.38. The van der Waals surface area contributed by atoms with E-state index in [-0.39, 0.29) is 5.92 Å². The van der Waals surface area contributed by atoms with Crippen LogP contribution in [0.5, 0.6) is 0 Å². The second-order valence-corrected chi connectivity index (χ2v) is 5.48. The van der Waals surface area contributed by atoms with Crippen LogP contribution in [0.1, 0.15) is 27.0 Å². The van der Waals surface area contributed by atoms with Gasteiger partial charge < -0.3 is 10.0 Å². The Morgan fingerprint density at radius 2 is 2.35 bits per heavy atom. The van der Waals surface area contributed by atoms with Crippen molar-refractivity contribution in [2.45, 2.75) is 20.4 Å². The number of carboxylic acid groups (broad SMARTS) is 1. The van der Waals surface area contributed by atoms with Crippen molar-refractivity contribution in [3.8, 4) is 6.07 Å². The van der Waals surface area contributed by atoms with Crippen molar-refractivity contribution in [1.82, 2.24) is 4.90 Å². The van der Waals surface area contributed by atoms with E-state index in [1.54, 1.807) is 6.07 Å². The maximum absolute atomic E-state index is 10.8. The third-order valence-corrected chi connectivity index (χ3v) is 3.56. The maximum atomic E-state index is 10.8. The zero-order valence-electron chi connectivity index (χ0n) is 10.2. The Kier molecular flexibility index (Phi) is 4.67.